The molecule has 6 nitrogen and oxygen atoms in total. The number of aromatic amines is 1. The van der Waals surface area contributed by atoms with Gasteiger partial charge in [-0.3, -0.25) is 9.48 Å². The van der Waals surface area contributed by atoms with Gasteiger partial charge in [0.25, 0.3) is 5.91 Å². The van der Waals surface area contributed by atoms with E-state index in [0.717, 1.165) is 24.4 Å². The van der Waals surface area contributed by atoms with Gasteiger partial charge >= 0.3 is 0 Å². The van der Waals surface area contributed by atoms with E-state index in [-0.39, 0.29) is 11.9 Å². The van der Waals surface area contributed by atoms with Crippen LogP contribution in [-0.4, -0.2) is 25.7 Å². The summed E-state index contributed by atoms with van der Waals surface area (Å²) in [4.78, 5) is 19.8. The van der Waals surface area contributed by atoms with Crippen molar-refractivity contribution in [2.45, 2.75) is 39.7 Å². The molecule has 2 aromatic heterocycles. The van der Waals surface area contributed by atoms with Crippen LogP contribution >= 0.6 is 0 Å². The molecule has 0 saturated carbocycles. The molecule has 0 aliphatic rings. The summed E-state index contributed by atoms with van der Waals surface area (Å²) in [5, 5.41) is 7.14. The van der Waals surface area contributed by atoms with Gasteiger partial charge in [-0.05, 0) is 30.9 Å². The maximum Gasteiger partial charge on any atom is 0.268 e. The van der Waals surface area contributed by atoms with Crippen LogP contribution in [0, 0.1) is 5.92 Å². The van der Waals surface area contributed by atoms with Crippen molar-refractivity contribution in [3.8, 4) is 0 Å². The van der Waals surface area contributed by atoms with Gasteiger partial charge in [0.1, 0.15) is 17.8 Å². The summed E-state index contributed by atoms with van der Waals surface area (Å²) < 4.78 is 1.71. The van der Waals surface area contributed by atoms with Gasteiger partial charge in [0.2, 0.25) is 0 Å². The van der Waals surface area contributed by atoms with E-state index >= 15 is 0 Å². The summed E-state index contributed by atoms with van der Waals surface area (Å²) in [5.41, 5.74) is 1.64. The summed E-state index contributed by atoms with van der Waals surface area (Å²) in [6.45, 7) is 6.30. The summed E-state index contributed by atoms with van der Waals surface area (Å²) in [7, 11) is 1.84. The number of carbonyl (C=O) groups excluding carboxylic acids is 1. The Morgan fingerprint density at radius 1 is 1.43 bits per heavy atom. The molecule has 2 heterocycles. The van der Waals surface area contributed by atoms with Crippen LogP contribution in [0.4, 0.5) is 0 Å². The monoisotopic (exact) mass is 289 g/mol. The minimum absolute atomic E-state index is 0.108. The van der Waals surface area contributed by atoms with E-state index in [9.17, 15) is 4.79 Å². The Labute approximate surface area is 125 Å². The van der Waals surface area contributed by atoms with Crippen LogP contribution in [-0.2, 0) is 13.5 Å². The van der Waals surface area contributed by atoms with Crippen molar-refractivity contribution in [1.29, 1.82) is 0 Å². The normalized spacial score (nSPS) is 12.6. The molecular weight excluding hydrogens is 266 g/mol. The Kier molecular flexibility index (Phi) is 4.77. The molecule has 114 valence electrons. The van der Waals surface area contributed by atoms with Crippen molar-refractivity contribution in [3.63, 3.8) is 0 Å². The van der Waals surface area contributed by atoms with E-state index < -0.39 is 0 Å². The molecule has 0 aliphatic carbocycles. The number of hydrogen-bond donors (Lipinski definition) is 2. The summed E-state index contributed by atoms with van der Waals surface area (Å²) >= 11 is 0. The zero-order valence-electron chi connectivity index (χ0n) is 13.1. The van der Waals surface area contributed by atoms with Gasteiger partial charge in [0, 0.05) is 12.7 Å². The van der Waals surface area contributed by atoms with E-state index in [1.807, 2.05) is 19.2 Å². The zero-order chi connectivity index (χ0) is 15.4. The molecule has 1 amide bonds. The molecule has 0 aromatic carbocycles. The van der Waals surface area contributed by atoms with E-state index in [1.54, 1.807) is 4.68 Å². The number of nitrogens with one attached hydrogen (secondary N) is 2. The van der Waals surface area contributed by atoms with Crippen molar-refractivity contribution in [1.82, 2.24) is 25.1 Å². The molecule has 2 N–H and O–H groups in total. The molecule has 0 bridgehead atoms. The first-order valence-electron chi connectivity index (χ1n) is 7.33. The Hall–Kier alpha value is -2.11. The van der Waals surface area contributed by atoms with Crippen LogP contribution in [0.1, 0.15) is 55.2 Å². The molecule has 0 aliphatic heterocycles. The van der Waals surface area contributed by atoms with E-state index in [2.05, 4.69) is 41.2 Å². The summed E-state index contributed by atoms with van der Waals surface area (Å²) in [6.07, 6.45) is 3.21. The van der Waals surface area contributed by atoms with Gasteiger partial charge in [0.05, 0.1) is 6.04 Å². The zero-order valence-corrected chi connectivity index (χ0v) is 13.1. The first-order chi connectivity index (χ1) is 10.0. The van der Waals surface area contributed by atoms with Crippen LogP contribution < -0.4 is 5.32 Å². The summed E-state index contributed by atoms with van der Waals surface area (Å²) in [6, 6.07) is 3.62. The van der Waals surface area contributed by atoms with Crippen LogP contribution in [0.3, 0.4) is 0 Å². The average Bonchev–Trinajstić information content (AvgIpc) is 3.05. The molecule has 0 radical (unpaired) electrons. The van der Waals surface area contributed by atoms with Crippen LogP contribution in [0.5, 0.6) is 0 Å². The predicted octanol–water partition coefficient (Wildman–Crippen LogP) is 2.22. The smallest absolute Gasteiger partial charge is 0.268 e. The second kappa shape index (κ2) is 6.56. The fraction of sp³-hybridized carbons (Fsp3) is 0.533. The van der Waals surface area contributed by atoms with Crippen LogP contribution in [0.25, 0.3) is 0 Å². The van der Waals surface area contributed by atoms with Gasteiger partial charge in [-0.15, -0.1) is 0 Å². The van der Waals surface area contributed by atoms with E-state index in [4.69, 9.17) is 0 Å². The highest BCUT2D eigenvalue weighted by Gasteiger charge is 2.21. The SMILES string of the molecule is CCc1ccc(C(=O)N[C@H](CC(C)C)c2ncnn2C)[nH]1. The molecule has 2 rings (SSSR count). The Balaban J connectivity index is 2.15. The highest BCUT2D eigenvalue weighted by Crippen LogP contribution is 2.19. The first-order valence-corrected chi connectivity index (χ1v) is 7.33. The Bertz CT molecular complexity index is 599. The second-order valence-corrected chi connectivity index (χ2v) is 5.65. The molecule has 6 heteroatoms. The molecule has 0 fully saturated rings. The van der Waals surface area contributed by atoms with Crippen molar-refractivity contribution < 1.29 is 4.79 Å². The van der Waals surface area contributed by atoms with Gasteiger partial charge in [-0.25, -0.2) is 4.98 Å². The lowest BCUT2D eigenvalue weighted by Gasteiger charge is -2.19. The molecular formula is C15H23N5O. The Morgan fingerprint density at radius 2 is 2.19 bits per heavy atom. The van der Waals surface area contributed by atoms with Gasteiger partial charge < -0.3 is 10.3 Å². The number of nitrogens with zero attached hydrogens (tertiary/aromatic N) is 3. The number of H-pyrrole nitrogens is 1. The lowest BCUT2D eigenvalue weighted by atomic mass is 10.0. The number of amides is 1. The number of hydrogen-bond acceptors (Lipinski definition) is 3. The van der Waals surface area contributed by atoms with Gasteiger partial charge in [-0.1, -0.05) is 20.8 Å². The number of carbonyl (C=O) groups is 1. The predicted molar refractivity (Wildman–Crippen MR) is 80.8 cm³/mol. The maximum absolute atomic E-state index is 12.4. The minimum atomic E-state index is -0.140. The molecule has 1 atom stereocenters. The third-order valence-corrected chi connectivity index (χ3v) is 3.44. The molecule has 0 unspecified atom stereocenters. The summed E-state index contributed by atoms with van der Waals surface area (Å²) in [5.74, 6) is 1.12. The van der Waals surface area contributed by atoms with Crippen molar-refractivity contribution >= 4 is 5.91 Å². The molecule has 0 spiro atoms. The minimum Gasteiger partial charge on any atom is -0.354 e. The maximum atomic E-state index is 12.4. The van der Waals surface area contributed by atoms with Gasteiger partial charge in [-0.2, -0.15) is 5.10 Å². The highest BCUT2D eigenvalue weighted by molar-refractivity contribution is 5.92. The first kappa shape index (κ1) is 15.3. The standard InChI is InChI=1S/C15H23N5O/c1-5-11-6-7-12(18-11)15(21)19-13(8-10(2)3)14-16-9-17-20(14)4/h6-7,9-10,13,18H,5,8H2,1-4H3,(H,19,21)/t13-/m1/s1. The quantitative estimate of drug-likeness (QED) is 0.856. The van der Waals surface area contributed by atoms with Gasteiger partial charge in [0.15, 0.2) is 0 Å². The second-order valence-electron chi connectivity index (χ2n) is 5.65. The van der Waals surface area contributed by atoms with E-state index in [1.165, 1.54) is 6.33 Å². The van der Waals surface area contributed by atoms with Crippen LogP contribution in [0.2, 0.25) is 0 Å². The number of rotatable bonds is 6. The third-order valence-electron chi connectivity index (χ3n) is 3.44. The fourth-order valence-corrected chi connectivity index (χ4v) is 2.34. The van der Waals surface area contributed by atoms with Crippen LogP contribution in [0.15, 0.2) is 18.5 Å². The lowest BCUT2D eigenvalue weighted by Crippen LogP contribution is -2.31. The van der Waals surface area contributed by atoms with Crippen molar-refractivity contribution in [2.75, 3.05) is 0 Å². The number of aryl methyl sites for hydroxylation is 2. The topological polar surface area (TPSA) is 75.6 Å². The average molecular weight is 289 g/mol. The lowest BCUT2D eigenvalue weighted by molar-refractivity contribution is 0.0924. The highest BCUT2D eigenvalue weighted by atomic mass is 16.2. The Morgan fingerprint density at radius 3 is 2.71 bits per heavy atom. The molecule has 0 saturated heterocycles. The molecule has 2 aromatic rings. The third kappa shape index (κ3) is 3.71. The fourth-order valence-electron chi connectivity index (χ4n) is 2.34. The number of aromatic nitrogens is 4. The van der Waals surface area contributed by atoms with Crippen molar-refractivity contribution in [2.24, 2.45) is 13.0 Å². The van der Waals surface area contributed by atoms with Crippen molar-refractivity contribution in [3.05, 3.63) is 35.7 Å². The van der Waals surface area contributed by atoms with E-state index in [0.29, 0.717) is 11.6 Å². The largest absolute Gasteiger partial charge is 0.354 e. The molecule has 21 heavy (non-hydrogen) atoms.